The molecule has 0 aliphatic rings. The Labute approximate surface area is 108 Å². The van der Waals surface area contributed by atoms with Gasteiger partial charge in [0.2, 0.25) is 5.91 Å². The molecule has 0 atom stereocenters. The molecule has 0 fully saturated rings. The van der Waals surface area contributed by atoms with E-state index in [4.69, 9.17) is 0 Å². The molecule has 4 heteroatoms. The number of aromatic nitrogens is 2. The number of rotatable bonds is 4. The third-order valence-corrected chi connectivity index (χ3v) is 2.58. The molecule has 4 nitrogen and oxygen atoms in total. The minimum atomic E-state index is -0.0436. The number of nitrogens with one attached hydrogen (secondary N) is 1. The summed E-state index contributed by atoms with van der Waals surface area (Å²) in [6, 6.07) is 0. The smallest absolute Gasteiger partial charge is 0.220 e. The lowest BCUT2D eigenvalue weighted by molar-refractivity contribution is -0.118. The van der Waals surface area contributed by atoms with Crippen molar-refractivity contribution >= 4 is 5.91 Å². The van der Waals surface area contributed by atoms with E-state index in [1.54, 1.807) is 0 Å². The van der Waals surface area contributed by atoms with Crippen LogP contribution in [0.1, 0.15) is 32.0 Å². The van der Waals surface area contributed by atoms with Crippen LogP contribution in [0.15, 0.2) is 29.6 Å². The Morgan fingerprint density at radius 1 is 1.39 bits per heavy atom. The molecule has 1 aromatic heterocycles. The molecule has 0 radical (unpaired) electrons. The van der Waals surface area contributed by atoms with Gasteiger partial charge in [0.05, 0.1) is 5.69 Å². The molecule has 1 amide bonds. The minimum absolute atomic E-state index is 0.0436. The Kier molecular flexibility index (Phi) is 4.89. The van der Waals surface area contributed by atoms with E-state index in [-0.39, 0.29) is 5.91 Å². The van der Waals surface area contributed by atoms with Gasteiger partial charge < -0.3 is 5.32 Å². The molecule has 0 saturated carbocycles. The molecular weight excluding hydrogens is 226 g/mol. The number of hydrogen-bond acceptors (Lipinski definition) is 2. The van der Waals surface area contributed by atoms with Crippen LogP contribution in [0.5, 0.6) is 0 Å². The normalized spacial score (nSPS) is 12.7. The Morgan fingerprint density at radius 2 is 2.06 bits per heavy atom. The van der Waals surface area contributed by atoms with Crippen LogP contribution in [-0.2, 0) is 18.3 Å². The van der Waals surface area contributed by atoms with Gasteiger partial charge in [-0.3, -0.25) is 9.48 Å². The van der Waals surface area contributed by atoms with Crippen LogP contribution < -0.4 is 5.32 Å². The molecule has 1 rings (SSSR count). The molecule has 0 aliphatic heterocycles. The lowest BCUT2D eigenvalue weighted by Crippen LogP contribution is -2.16. The topological polar surface area (TPSA) is 46.9 Å². The average Bonchev–Trinajstić information content (AvgIpc) is 2.53. The predicted octanol–water partition coefficient (Wildman–Crippen LogP) is 2.26. The molecule has 0 aromatic carbocycles. The van der Waals surface area contributed by atoms with Crippen molar-refractivity contribution in [3.63, 3.8) is 0 Å². The van der Waals surface area contributed by atoms with Crippen molar-refractivity contribution in [2.75, 3.05) is 0 Å². The zero-order valence-corrected chi connectivity index (χ0v) is 11.7. The highest BCUT2D eigenvalue weighted by Gasteiger charge is 2.03. The summed E-state index contributed by atoms with van der Waals surface area (Å²) in [5, 5.41) is 7.05. The number of carbonyl (C=O) groups is 1. The minimum Gasteiger partial charge on any atom is -0.330 e. The van der Waals surface area contributed by atoms with Crippen LogP contribution >= 0.6 is 0 Å². The lowest BCUT2D eigenvalue weighted by atomic mass is 10.1. The molecule has 1 heterocycles. The zero-order chi connectivity index (χ0) is 13.7. The SMILES string of the molecule is CC(=O)N/C(C)=C/C=C(\C)Cc1cn(C)nc1C. The maximum absolute atomic E-state index is 10.9. The summed E-state index contributed by atoms with van der Waals surface area (Å²) in [7, 11) is 1.93. The fourth-order valence-corrected chi connectivity index (χ4v) is 1.77. The third kappa shape index (κ3) is 4.57. The quantitative estimate of drug-likeness (QED) is 0.830. The monoisotopic (exact) mass is 247 g/mol. The van der Waals surface area contributed by atoms with E-state index in [9.17, 15) is 4.79 Å². The summed E-state index contributed by atoms with van der Waals surface area (Å²) in [6.07, 6.45) is 6.86. The molecule has 0 saturated heterocycles. The van der Waals surface area contributed by atoms with Crippen molar-refractivity contribution in [1.29, 1.82) is 0 Å². The largest absolute Gasteiger partial charge is 0.330 e. The highest BCUT2D eigenvalue weighted by molar-refractivity contribution is 5.74. The van der Waals surface area contributed by atoms with Crippen molar-refractivity contribution in [2.24, 2.45) is 7.05 Å². The fraction of sp³-hybridized carbons (Fsp3) is 0.429. The Morgan fingerprint density at radius 3 is 2.56 bits per heavy atom. The zero-order valence-electron chi connectivity index (χ0n) is 11.7. The van der Waals surface area contributed by atoms with Crippen LogP contribution in [-0.4, -0.2) is 15.7 Å². The molecule has 18 heavy (non-hydrogen) atoms. The van der Waals surface area contributed by atoms with Crippen molar-refractivity contribution in [3.05, 3.63) is 40.9 Å². The summed E-state index contributed by atoms with van der Waals surface area (Å²) < 4.78 is 1.83. The number of allylic oxidation sites excluding steroid dienone is 4. The average molecular weight is 247 g/mol. The second-order valence-electron chi connectivity index (χ2n) is 4.63. The Balaban J connectivity index is 2.68. The molecule has 98 valence electrons. The van der Waals surface area contributed by atoms with Gasteiger partial charge in [-0.25, -0.2) is 0 Å². The number of aryl methyl sites for hydroxylation is 2. The van der Waals surface area contributed by atoms with Gasteiger partial charge >= 0.3 is 0 Å². The highest BCUT2D eigenvalue weighted by Crippen LogP contribution is 2.11. The summed E-state index contributed by atoms with van der Waals surface area (Å²) in [5.74, 6) is -0.0436. The molecular formula is C14H21N3O. The maximum atomic E-state index is 10.9. The summed E-state index contributed by atoms with van der Waals surface area (Å²) in [6.45, 7) is 7.47. The van der Waals surface area contributed by atoms with Crippen LogP contribution in [0.4, 0.5) is 0 Å². The van der Waals surface area contributed by atoms with E-state index in [0.29, 0.717) is 0 Å². The number of carbonyl (C=O) groups excluding carboxylic acids is 1. The van der Waals surface area contributed by atoms with E-state index in [0.717, 1.165) is 17.8 Å². The first-order chi connectivity index (χ1) is 8.38. The third-order valence-electron chi connectivity index (χ3n) is 2.58. The van der Waals surface area contributed by atoms with Crippen LogP contribution in [0.2, 0.25) is 0 Å². The molecule has 0 spiro atoms. The number of hydrogen-bond donors (Lipinski definition) is 1. The second kappa shape index (κ2) is 6.19. The maximum Gasteiger partial charge on any atom is 0.220 e. The summed E-state index contributed by atoms with van der Waals surface area (Å²) in [5.41, 5.74) is 4.38. The standard InChI is InChI=1S/C14H21N3O/c1-10(6-7-11(2)15-13(4)18)8-14-9-17(5)16-12(14)3/h6-7,9H,8H2,1-5H3,(H,15,18)/b10-6+,11-7+. The predicted molar refractivity (Wildman–Crippen MR) is 73.0 cm³/mol. The van der Waals surface area contributed by atoms with Gasteiger partial charge in [0, 0.05) is 25.9 Å². The first kappa shape index (κ1) is 14.2. The van der Waals surface area contributed by atoms with Crippen molar-refractivity contribution in [3.8, 4) is 0 Å². The van der Waals surface area contributed by atoms with E-state index in [2.05, 4.69) is 17.3 Å². The van der Waals surface area contributed by atoms with Gasteiger partial charge in [-0.1, -0.05) is 11.6 Å². The first-order valence-electron chi connectivity index (χ1n) is 5.99. The first-order valence-corrected chi connectivity index (χ1v) is 5.99. The van der Waals surface area contributed by atoms with E-state index in [1.807, 2.05) is 43.9 Å². The van der Waals surface area contributed by atoms with Crippen molar-refractivity contribution in [1.82, 2.24) is 15.1 Å². The molecule has 1 N–H and O–H groups in total. The Hall–Kier alpha value is -1.84. The Bertz CT molecular complexity index is 495. The molecule has 0 unspecified atom stereocenters. The summed E-state index contributed by atoms with van der Waals surface area (Å²) >= 11 is 0. The van der Waals surface area contributed by atoms with Gasteiger partial charge in [-0.05, 0) is 38.8 Å². The lowest BCUT2D eigenvalue weighted by Gasteiger charge is -2.01. The number of nitrogens with zero attached hydrogens (tertiary/aromatic N) is 2. The van der Waals surface area contributed by atoms with Gasteiger partial charge in [0.15, 0.2) is 0 Å². The summed E-state index contributed by atoms with van der Waals surface area (Å²) in [4.78, 5) is 10.9. The van der Waals surface area contributed by atoms with Gasteiger partial charge in [-0.15, -0.1) is 0 Å². The van der Waals surface area contributed by atoms with Crippen molar-refractivity contribution in [2.45, 2.75) is 34.1 Å². The second-order valence-corrected chi connectivity index (χ2v) is 4.63. The molecule has 0 aliphatic carbocycles. The van der Waals surface area contributed by atoms with Crippen molar-refractivity contribution < 1.29 is 4.79 Å². The van der Waals surface area contributed by atoms with E-state index < -0.39 is 0 Å². The molecule has 1 aromatic rings. The van der Waals surface area contributed by atoms with E-state index in [1.165, 1.54) is 18.1 Å². The van der Waals surface area contributed by atoms with Gasteiger partial charge in [0.25, 0.3) is 0 Å². The fourth-order valence-electron chi connectivity index (χ4n) is 1.77. The van der Waals surface area contributed by atoms with Gasteiger partial charge in [-0.2, -0.15) is 5.10 Å². The van der Waals surface area contributed by atoms with E-state index >= 15 is 0 Å². The molecule has 0 bridgehead atoms. The van der Waals surface area contributed by atoms with Crippen LogP contribution in [0, 0.1) is 6.92 Å². The van der Waals surface area contributed by atoms with Crippen LogP contribution in [0.25, 0.3) is 0 Å². The highest BCUT2D eigenvalue weighted by atomic mass is 16.1. The number of amides is 1. The van der Waals surface area contributed by atoms with Gasteiger partial charge in [0.1, 0.15) is 0 Å². The van der Waals surface area contributed by atoms with Crippen LogP contribution in [0.3, 0.4) is 0 Å².